The minimum Gasteiger partial charge on any atom is -0.480 e. The zero-order valence-electron chi connectivity index (χ0n) is 23.6. The van der Waals surface area contributed by atoms with Crippen LogP contribution in [0.4, 0.5) is 15.5 Å². The third kappa shape index (κ3) is 6.90. The Morgan fingerprint density at radius 3 is 2.48 bits per heavy atom. The highest BCUT2D eigenvalue weighted by Crippen LogP contribution is 2.27. The maximum atomic E-state index is 13.4. The van der Waals surface area contributed by atoms with Crippen molar-refractivity contribution in [2.24, 2.45) is 5.92 Å². The number of alkyl carbamates (subject to hydrolysis) is 1. The van der Waals surface area contributed by atoms with Gasteiger partial charge in [-0.15, -0.1) is 0 Å². The van der Waals surface area contributed by atoms with Crippen molar-refractivity contribution in [3.05, 3.63) is 17.5 Å². The molecule has 220 valence electrons. The molecule has 3 aliphatic heterocycles. The molecular formula is C26H38N6O8. The Balaban J connectivity index is 1.38. The second kappa shape index (κ2) is 11.8. The molecule has 0 aromatic carbocycles. The van der Waals surface area contributed by atoms with E-state index in [1.807, 2.05) is 4.90 Å². The number of carbonyl (C=O) groups excluding carboxylic acids is 3. The number of amides is 3. The van der Waals surface area contributed by atoms with Gasteiger partial charge in [0.15, 0.2) is 0 Å². The van der Waals surface area contributed by atoms with Gasteiger partial charge in [-0.05, 0) is 26.7 Å². The highest BCUT2D eigenvalue weighted by atomic mass is 16.6. The highest BCUT2D eigenvalue weighted by Gasteiger charge is 2.45. The van der Waals surface area contributed by atoms with Crippen molar-refractivity contribution in [3.8, 4) is 0 Å². The number of carboxylic acid groups (broad SMARTS) is 1. The van der Waals surface area contributed by atoms with Gasteiger partial charge in [0.25, 0.3) is 0 Å². The van der Waals surface area contributed by atoms with Crippen molar-refractivity contribution in [2.45, 2.75) is 77.9 Å². The molecule has 1 aromatic heterocycles. The lowest BCUT2D eigenvalue weighted by Gasteiger charge is -2.30. The summed E-state index contributed by atoms with van der Waals surface area (Å²) in [6.07, 6.45) is -0.582. The molecule has 0 saturated carbocycles. The number of fused-ring (bicyclic) bond motifs is 1. The Morgan fingerprint density at radius 2 is 1.85 bits per heavy atom. The number of likely N-dealkylation sites (tertiary alicyclic amines) is 1. The molecule has 3 amide bonds. The number of anilines is 1. The van der Waals surface area contributed by atoms with Crippen molar-refractivity contribution in [2.75, 3.05) is 37.7 Å². The van der Waals surface area contributed by atoms with E-state index in [1.165, 1.54) is 4.90 Å². The number of nitrogens with zero attached hydrogens (tertiary/aromatic N) is 5. The molecule has 4 heterocycles. The molecule has 3 aliphatic rings. The Kier molecular flexibility index (Phi) is 8.66. The highest BCUT2D eigenvalue weighted by molar-refractivity contribution is 5.90. The van der Waals surface area contributed by atoms with E-state index in [1.54, 1.807) is 40.8 Å². The largest absolute Gasteiger partial charge is 0.480 e. The number of aromatic nitrogens is 2. The van der Waals surface area contributed by atoms with Crippen LogP contribution in [0.3, 0.4) is 0 Å². The van der Waals surface area contributed by atoms with Crippen molar-refractivity contribution >= 4 is 30.0 Å². The van der Waals surface area contributed by atoms with Crippen LogP contribution >= 0.6 is 0 Å². The summed E-state index contributed by atoms with van der Waals surface area (Å²) in [4.78, 5) is 64.6. The fourth-order valence-electron chi connectivity index (χ4n) is 4.89. The molecule has 0 aliphatic carbocycles. The molecule has 0 radical (unpaired) electrons. The topological polar surface area (TPSA) is 164 Å². The van der Waals surface area contributed by atoms with Crippen LogP contribution in [0.5, 0.6) is 0 Å². The van der Waals surface area contributed by atoms with E-state index >= 15 is 0 Å². The number of carboxylic acids is 1. The third-order valence-electron chi connectivity index (χ3n) is 6.90. The molecule has 40 heavy (non-hydrogen) atoms. The van der Waals surface area contributed by atoms with Gasteiger partial charge in [0.05, 0.1) is 38.5 Å². The van der Waals surface area contributed by atoms with Crippen molar-refractivity contribution in [1.29, 1.82) is 0 Å². The summed E-state index contributed by atoms with van der Waals surface area (Å²) in [5.74, 6) is -1.55. The summed E-state index contributed by atoms with van der Waals surface area (Å²) < 4.78 is 16.3. The second-order valence-corrected chi connectivity index (χ2v) is 11.6. The second-order valence-electron chi connectivity index (χ2n) is 11.6. The zero-order chi connectivity index (χ0) is 29.2. The number of nitrogens with one attached hydrogen (secondary N) is 1. The van der Waals surface area contributed by atoms with Crippen LogP contribution in [0.15, 0.2) is 6.20 Å². The summed E-state index contributed by atoms with van der Waals surface area (Å²) in [6.45, 7) is 11.6. The quantitative estimate of drug-likeness (QED) is 0.515. The van der Waals surface area contributed by atoms with Gasteiger partial charge >= 0.3 is 18.2 Å². The van der Waals surface area contributed by atoms with E-state index in [4.69, 9.17) is 14.2 Å². The smallest absolute Gasteiger partial charge is 0.410 e. The number of hydrogen-bond acceptors (Lipinski definition) is 10. The summed E-state index contributed by atoms with van der Waals surface area (Å²) in [6, 6.07) is -2.22. The first-order chi connectivity index (χ1) is 18.8. The van der Waals surface area contributed by atoms with Gasteiger partial charge in [0.1, 0.15) is 23.8 Å². The Labute approximate surface area is 232 Å². The molecule has 0 spiro atoms. The van der Waals surface area contributed by atoms with E-state index in [0.29, 0.717) is 32.3 Å². The first-order valence-corrected chi connectivity index (χ1v) is 13.5. The van der Waals surface area contributed by atoms with Crippen molar-refractivity contribution in [3.63, 3.8) is 0 Å². The zero-order valence-corrected chi connectivity index (χ0v) is 23.6. The normalized spacial score (nSPS) is 21.7. The summed E-state index contributed by atoms with van der Waals surface area (Å²) >= 11 is 0. The average Bonchev–Trinajstić information content (AvgIpc) is 3.50. The molecular weight excluding hydrogens is 524 g/mol. The SMILES string of the molecule is CC(C)[C@H](NC(=O)OC(C)(C)C)C(=O)N1C[C@H](OC(=O)N2Cc3cnc(N4CCOCC4)nc3C2)C[C@H]1C(=O)O. The lowest BCUT2D eigenvalue weighted by Crippen LogP contribution is -2.54. The lowest BCUT2D eigenvalue weighted by molar-refractivity contribution is -0.149. The standard InChI is InChI=1S/C26H38N6O8/c1-15(2)20(29-24(36)40-26(3,4)5)21(33)32-13-17(10-19(32)22(34)35)39-25(37)31-12-16-11-27-23(28-18(16)14-31)30-6-8-38-9-7-30/h11,15,17,19-20H,6-10,12-14H2,1-5H3,(H,29,36)(H,34,35)/t17-,19+,20+/m1/s1. The lowest BCUT2D eigenvalue weighted by atomic mass is 10.0. The number of ether oxygens (including phenoxy) is 3. The molecule has 4 rings (SSSR count). The molecule has 0 unspecified atom stereocenters. The van der Waals surface area contributed by atoms with E-state index in [0.717, 1.165) is 16.2 Å². The fourth-order valence-corrected chi connectivity index (χ4v) is 4.89. The van der Waals surface area contributed by atoms with Crippen LogP contribution in [0.1, 0.15) is 52.3 Å². The number of carbonyl (C=O) groups is 4. The number of aliphatic carboxylic acids is 1. The van der Waals surface area contributed by atoms with Gasteiger partial charge in [-0.1, -0.05) is 13.8 Å². The average molecular weight is 563 g/mol. The van der Waals surface area contributed by atoms with Gasteiger partial charge < -0.3 is 34.4 Å². The Morgan fingerprint density at radius 1 is 1.15 bits per heavy atom. The van der Waals surface area contributed by atoms with Crippen LogP contribution < -0.4 is 10.2 Å². The van der Waals surface area contributed by atoms with Crippen LogP contribution in [0.25, 0.3) is 0 Å². The first-order valence-electron chi connectivity index (χ1n) is 13.5. The van der Waals surface area contributed by atoms with Gasteiger partial charge in [0, 0.05) is 31.3 Å². The number of morpholine rings is 1. The van der Waals surface area contributed by atoms with Gasteiger partial charge in [-0.2, -0.15) is 0 Å². The fraction of sp³-hybridized carbons (Fsp3) is 0.692. The third-order valence-corrected chi connectivity index (χ3v) is 6.90. The molecule has 14 heteroatoms. The van der Waals surface area contributed by atoms with Crippen LogP contribution in [-0.4, -0.2) is 106 Å². The number of hydrogen-bond donors (Lipinski definition) is 2. The summed E-state index contributed by atoms with van der Waals surface area (Å²) in [5, 5.41) is 12.4. The molecule has 0 bridgehead atoms. The van der Waals surface area contributed by atoms with Crippen LogP contribution in [0, 0.1) is 5.92 Å². The maximum absolute atomic E-state index is 13.4. The maximum Gasteiger partial charge on any atom is 0.410 e. The van der Waals surface area contributed by atoms with Crippen LogP contribution in [-0.2, 0) is 36.9 Å². The van der Waals surface area contributed by atoms with Gasteiger partial charge in [-0.25, -0.2) is 24.4 Å². The Hall–Kier alpha value is -3.68. The molecule has 2 N–H and O–H groups in total. The van der Waals surface area contributed by atoms with E-state index in [9.17, 15) is 24.3 Å². The molecule has 14 nitrogen and oxygen atoms in total. The molecule has 3 atom stereocenters. The summed E-state index contributed by atoms with van der Waals surface area (Å²) in [5.41, 5.74) is 0.775. The van der Waals surface area contributed by atoms with Crippen molar-refractivity contribution in [1.82, 2.24) is 25.1 Å². The molecule has 2 saturated heterocycles. The molecule has 1 aromatic rings. The van der Waals surface area contributed by atoms with E-state index in [-0.39, 0.29) is 32.0 Å². The van der Waals surface area contributed by atoms with Crippen molar-refractivity contribution < 1.29 is 38.5 Å². The summed E-state index contributed by atoms with van der Waals surface area (Å²) in [7, 11) is 0. The predicted octanol–water partition coefficient (Wildman–Crippen LogP) is 1.37. The predicted molar refractivity (Wildman–Crippen MR) is 140 cm³/mol. The van der Waals surface area contributed by atoms with E-state index < -0.39 is 47.9 Å². The van der Waals surface area contributed by atoms with E-state index in [2.05, 4.69) is 15.3 Å². The monoisotopic (exact) mass is 562 g/mol. The number of rotatable bonds is 6. The molecule has 2 fully saturated rings. The van der Waals surface area contributed by atoms with Crippen LogP contribution in [0.2, 0.25) is 0 Å². The van der Waals surface area contributed by atoms with Gasteiger partial charge in [0.2, 0.25) is 11.9 Å². The minimum atomic E-state index is -1.22. The minimum absolute atomic E-state index is 0.0637. The van der Waals surface area contributed by atoms with Gasteiger partial charge in [-0.3, -0.25) is 9.69 Å². The Bertz CT molecular complexity index is 1130. The first kappa shape index (κ1) is 29.3.